The monoisotopic (exact) mass is 612 g/mol. The maximum atomic E-state index is 13.0. The van der Waals surface area contributed by atoms with Crippen LogP contribution in [0.15, 0.2) is 36.1 Å². The summed E-state index contributed by atoms with van der Waals surface area (Å²) in [5.74, 6) is -2.07. The highest BCUT2D eigenvalue weighted by molar-refractivity contribution is 5.83. The summed E-state index contributed by atoms with van der Waals surface area (Å²) in [6.07, 6.45) is -1.44. The van der Waals surface area contributed by atoms with Gasteiger partial charge in [-0.1, -0.05) is 19.9 Å². The van der Waals surface area contributed by atoms with Gasteiger partial charge in [-0.05, 0) is 56.3 Å². The highest BCUT2D eigenvalue weighted by Gasteiger charge is 2.76. The van der Waals surface area contributed by atoms with Gasteiger partial charge in [-0.25, -0.2) is 4.79 Å². The molecule has 13 nitrogen and oxygen atoms in total. The molecule has 3 aliphatic heterocycles. The first-order valence-electron chi connectivity index (χ1n) is 14.7. The molecule has 0 amide bonds. The first-order valence-corrected chi connectivity index (χ1v) is 14.7. The molecule has 242 valence electrons. The zero-order valence-corrected chi connectivity index (χ0v) is 24.8. The number of ether oxygens (including phenoxy) is 5. The summed E-state index contributed by atoms with van der Waals surface area (Å²) >= 11 is 0. The molecule has 3 heterocycles. The first-order chi connectivity index (χ1) is 20.1. The number of carbonyl (C=O) groups excluding carboxylic acids is 1. The van der Waals surface area contributed by atoms with Crippen LogP contribution in [0, 0.1) is 17.3 Å². The van der Waals surface area contributed by atoms with Gasteiger partial charge in [0.15, 0.2) is 6.10 Å². The number of hydrogen-bond donors (Lipinski definition) is 7. The topological polar surface area (TPSA) is 208 Å². The Morgan fingerprint density at radius 3 is 2.42 bits per heavy atom. The second-order valence-corrected chi connectivity index (χ2v) is 13.3. The highest BCUT2D eigenvalue weighted by atomic mass is 16.8. The van der Waals surface area contributed by atoms with Gasteiger partial charge < -0.3 is 59.4 Å². The number of esters is 1. The van der Waals surface area contributed by atoms with Crippen LogP contribution in [0.25, 0.3) is 0 Å². The van der Waals surface area contributed by atoms with Crippen LogP contribution in [0.5, 0.6) is 0 Å². The Bertz CT molecular complexity index is 1130. The van der Waals surface area contributed by atoms with Crippen molar-refractivity contribution in [3.8, 4) is 0 Å². The van der Waals surface area contributed by atoms with E-state index in [1.54, 1.807) is 19.9 Å². The van der Waals surface area contributed by atoms with E-state index in [1.807, 2.05) is 13.8 Å². The third kappa shape index (κ3) is 5.37. The lowest BCUT2D eigenvalue weighted by atomic mass is 9.58. The van der Waals surface area contributed by atoms with Crippen molar-refractivity contribution in [1.29, 1.82) is 0 Å². The molecule has 4 fully saturated rings. The molecule has 0 bridgehead atoms. The van der Waals surface area contributed by atoms with Crippen molar-refractivity contribution in [3.63, 3.8) is 0 Å². The number of epoxide rings is 1. The maximum absolute atomic E-state index is 13.0. The Morgan fingerprint density at radius 1 is 1.05 bits per heavy atom. The van der Waals surface area contributed by atoms with Gasteiger partial charge in [-0.2, -0.15) is 0 Å². The van der Waals surface area contributed by atoms with Crippen molar-refractivity contribution >= 4 is 5.97 Å². The third-order valence-electron chi connectivity index (χ3n) is 10.1. The average Bonchev–Trinajstić information content (AvgIpc) is 3.64. The number of aliphatic hydroxyl groups is 7. The molecule has 0 aromatic carbocycles. The fraction of sp³-hybridized carbons (Fsp3) is 0.767. The fourth-order valence-corrected chi connectivity index (χ4v) is 7.34. The Balaban J connectivity index is 1.33. The normalized spacial score (nSPS) is 48.9. The summed E-state index contributed by atoms with van der Waals surface area (Å²) in [5.41, 5.74) is -4.31. The molecular formula is C30H44O13. The number of carbonyl (C=O) groups is 1. The minimum absolute atomic E-state index is 0.383. The summed E-state index contributed by atoms with van der Waals surface area (Å²) in [6, 6.07) is 0. The van der Waals surface area contributed by atoms with E-state index in [9.17, 15) is 40.5 Å². The van der Waals surface area contributed by atoms with Crippen molar-refractivity contribution < 1.29 is 64.2 Å². The minimum Gasteiger partial charge on any atom is -0.472 e. The number of aliphatic hydroxyl groups excluding tert-OH is 5. The molecule has 0 unspecified atom stereocenters. The van der Waals surface area contributed by atoms with E-state index in [4.69, 9.17) is 23.7 Å². The number of hydrogen-bond acceptors (Lipinski definition) is 13. The Kier molecular flexibility index (Phi) is 8.66. The lowest BCUT2D eigenvalue weighted by Gasteiger charge is -2.53. The maximum Gasteiger partial charge on any atom is 0.333 e. The minimum atomic E-state index is -1.68. The van der Waals surface area contributed by atoms with E-state index in [0.29, 0.717) is 18.4 Å². The summed E-state index contributed by atoms with van der Waals surface area (Å²) in [6.45, 7) is 5.83. The van der Waals surface area contributed by atoms with Crippen molar-refractivity contribution in [2.75, 3.05) is 13.2 Å². The van der Waals surface area contributed by atoms with Crippen molar-refractivity contribution in [2.24, 2.45) is 17.3 Å². The molecule has 2 aliphatic carbocycles. The summed E-state index contributed by atoms with van der Waals surface area (Å²) in [7, 11) is 0. The molecule has 5 aliphatic rings. The summed E-state index contributed by atoms with van der Waals surface area (Å²) in [5, 5.41) is 74.3. The molecule has 13 heteroatoms. The first kappa shape index (κ1) is 32.5. The Hall–Kier alpha value is -1.91. The van der Waals surface area contributed by atoms with Crippen LogP contribution in [0.4, 0.5) is 0 Å². The molecule has 7 N–H and O–H groups in total. The molecule has 0 aromatic rings. The van der Waals surface area contributed by atoms with Crippen LogP contribution in [0.2, 0.25) is 0 Å². The van der Waals surface area contributed by atoms with Crippen molar-refractivity contribution in [3.05, 3.63) is 36.1 Å². The van der Waals surface area contributed by atoms with Crippen molar-refractivity contribution in [1.82, 2.24) is 0 Å². The molecule has 2 saturated carbocycles. The van der Waals surface area contributed by atoms with E-state index in [2.05, 4.69) is 0 Å². The SMILES string of the molecule is CC(/C=C/[C@@]1(O)C(C)(C)CCC[C@@]1(C)O)=C\C(=O)O[C@@H]1O[C@H](CO)[C@@H](O)[C@H](O)[C@H]1O[C@@H]1OC=C[C@H]2[C@H](O)[C@@H]3O[C@]3(CO)[C@@H]12. The molecule has 13 atom stereocenters. The lowest BCUT2D eigenvalue weighted by molar-refractivity contribution is -0.331. The quantitative estimate of drug-likeness (QED) is 0.0773. The van der Waals surface area contributed by atoms with Crippen LogP contribution in [-0.4, -0.2) is 121 Å². The Morgan fingerprint density at radius 2 is 1.77 bits per heavy atom. The van der Waals surface area contributed by atoms with E-state index < -0.39 is 102 Å². The second-order valence-electron chi connectivity index (χ2n) is 13.3. The van der Waals surface area contributed by atoms with Crippen LogP contribution in [0.1, 0.15) is 47.0 Å². The lowest BCUT2D eigenvalue weighted by Crippen LogP contribution is -2.62. The van der Waals surface area contributed by atoms with Crippen LogP contribution in [0.3, 0.4) is 0 Å². The highest BCUT2D eigenvalue weighted by Crippen LogP contribution is 2.59. The van der Waals surface area contributed by atoms with Gasteiger partial charge >= 0.3 is 5.97 Å². The fourth-order valence-electron chi connectivity index (χ4n) is 7.34. The largest absolute Gasteiger partial charge is 0.472 e. The van der Waals surface area contributed by atoms with Gasteiger partial charge in [-0.3, -0.25) is 0 Å². The van der Waals surface area contributed by atoms with Gasteiger partial charge in [0.2, 0.25) is 12.6 Å². The molecular weight excluding hydrogens is 568 g/mol. The van der Waals surface area contributed by atoms with Gasteiger partial charge in [0.25, 0.3) is 0 Å². The zero-order chi connectivity index (χ0) is 31.5. The number of fused-ring (bicyclic) bond motifs is 3. The number of rotatable bonds is 8. The smallest absolute Gasteiger partial charge is 0.333 e. The van der Waals surface area contributed by atoms with Crippen LogP contribution >= 0.6 is 0 Å². The van der Waals surface area contributed by atoms with Gasteiger partial charge in [0.1, 0.15) is 35.6 Å². The van der Waals surface area contributed by atoms with E-state index in [1.165, 1.54) is 18.4 Å². The van der Waals surface area contributed by atoms with E-state index >= 15 is 0 Å². The molecule has 0 spiro atoms. The van der Waals surface area contributed by atoms with Crippen LogP contribution in [-0.2, 0) is 28.5 Å². The third-order valence-corrected chi connectivity index (χ3v) is 10.1. The van der Waals surface area contributed by atoms with Gasteiger partial charge in [0.05, 0.1) is 37.1 Å². The molecule has 43 heavy (non-hydrogen) atoms. The predicted molar refractivity (Wildman–Crippen MR) is 147 cm³/mol. The predicted octanol–water partition coefficient (Wildman–Crippen LogP) is -0.845. The molecule has 5 rings (SSSR count). The van der Waals surface area contributed by atoms with Gasteiger partial charge in [0, 0.05) is 12.0 Å². The molecule has 0 aromatic heterocycles. The summed E-state index contributed by atoms with van der Waals surface area (Å²) in [4.78, 5) is 13.0. The Labute approximate surface area is 250 Å². The second kappa shape index (κ2) is 11.5. The molecule has 2 saturated heterocycles. The standard InChI is InChI=1S/C30H44O13/c1-15(6-10-30(38)27(2,3)8-5-9-28(30,4)37)12-18(33)41-26-23(22(36)21(35)17(13-31)40-26)42-25-19-16(7-11-39-25)20(34)24-29(19,14-32)43-24/h6-7,10-12,16-17,19-26,31-32,34-38H,5,8-9,13-14H2,1-4H3/b10-6+,15-12+/t16-,17-,19-,20+,21-,22+,23-,24+,25+,26+,28-,29-,30-/m1/s1. The zero-order valence-electron chi connectivity index (χ0n) is 24.8. The number of allylic oxidation sites excluding steroid dienone is 2. The average molecular weight is 613 g/mol. The van der Waals surface area contributed by atoms with Crippen LogP contribution < -0.4 is 0 Å². The van der Waals surface area contributed by atoms with Crippen molar-refractivity contribution in [2.45, 2.75) is 113 Å². The molecule has 0 radical (unpaired) electrons. The van der Waals surface area contributed by atoms with E-state index in [0.717, 1.165) is 12.5 Å². The summed E-state index contributed by atoms with van der Waals surface area (Å²) < 4.78 is 28.4. The van der Waals surface area contributed by atoms with E-state index in [-0.39, 0.29) is 0 Å². The van der Waals surface area contributed by atoms with Gasteiger partial charge in [-0.15, -0.1) is 0 Å².